The average Bonchev–Trinajstić information content (AvgIpc) is 3.19. The van der Waals surface area contributed by atoms with Crippen LogP contribution in [0.15, 0.2) is 24.3 Å². The van der Waals surface area contributed by atoms with Crippen LogP contribution < -0.4 is 5.32 Å². The van der Waals surface area contributed by atoms with Crippen molar-refractivity contribution < 1.29 is 9.90 Å². The Balaban J connectivity index is 1.51. The topological polar surface area (TPSA) is 55.8 Å². The van der Waals surface area contributed by atoms with E-state index >= 15 is 0 Å². The Labute approximate surface area is 144 Å². The van der Waals surface area contributed by atoms with Gasteiger partial charge in [0.2, 0.25) is 5.91 Å². The summed E-state index contributed by atoms with van der Waals surface area (Å²) in [6, 6.07) is 8.66. The third-order valence-corrected chi connectivity index (χ3v) is 5.34. The quantitative estimate of drug-likeness (QED) is 0.835. The molecule has 1 aromatic rings. The van der Waals surface area contributed by atoms with Crippen LogP contribution in [0.3, 0.4) is 0 Å². The van der Waals surface area contributed by atoms with Gasteiger partial charge in [0, 0.05) is 24.3 Å². The van der Waals surface area contributed by atoms with Crippen LogP contribution in [-0.4, -0.2) is 65.7 Å². The zero-order valence-corrected chi connectivity index (χ0v) is 14.6. The molecule has 2 atom stereocenters. The number of anilines is 1. The van der Waals surface area contributed by atoms with Gasteiger partial charge in [-0.15, -0.1) is 0 Å². The Bertz CT molecular complexity index is 546. The molecule has 2 aliphatic heterocycles. The van der Waals surface area contributed by atoms with Crippen LogP contribution in [0.5, 0.6) is 0 Å². The van der Waals surface area contributed by atoms with Gasteiger partial charge in [-0.25, -0.2) is 0 Å². The lowest BCUT2D eigenvalue weighted by Crippen LogP contribution is -2.45. The number of hydrogen-bond donors (Lipinski definition) is 2. The number of nitrogens with one attached hydrogen (secondary N) is 1. The van der Waals surface area contributed by atoms with Gasteiger partial charge in [0.15, 0.2) is 0 Å². The molecule has 0 aromatic heterocycles. The highest BCUT2D eigenvalue weighted by molar-refractivity contribution is 5.92. The van der Waals surface area contributed by atoms with E-state index in [2.05, 4.69) is 15.1 Å². The first kappa shape index (κ1) is 17.4. The Morgan fingerprint density at radius 3 is 2.50 bits per heavy atom. The lowest BCUT2D eigenvalue weighted by molar-refractivity contribution is -0.117. The predicted molar refractivity (Wildman–Crippen MR) is 96.1 cm³/mol. The number of rotatable bonds is 6. The second kappa shape index (κ2) is 8.10. The van der Waals surface area contributed by atoms with E-state index in [0.717, 1.165) is 44.6 Å². The predicted octanol–water partition coefficient (Wildman–Crippen LogP) is 1.85. The fourth-order valence-corrected chi connectivity index (χ4v) is 3.94. The number of carbonyl (C=O) groups excluding carboxylic acids is 1. The van der Waals surface area contributed by atoms with E-state index < -0.39 is 0 Å². The number of benzene rings is 1. The van der Waals surface area contributed by atoms with E-state index in [1.54, 1.807) is 0 Å². The van der Waals surface area contributed by atoms with Gasteiger partial charge in [-0.3, -0.25) is 14.6 Å². The number of aliphatic hydroxyl groups is 1. The van der Waals surface area contributed by atoms with Crippen molar-refractivity contribution in [1.29, 1.82) is 0 Å². The minimum Gasteiger partial charge on any atom is -0.395 e. The van der Waals surface area contributed by atoms with Crippen LogP contribution in [0.2, 0.25) is 0 Å². The summed E-state index contributed by atoms with van der Waals surface area (Å²) in [5.74, 6) is 0.0610. The third-order valence-electron chi connectivity index (χ3n) is 5.34. The van der Waals surface area contributed by atoms with E-state index in [4.69, 9.17) is 0 Å². The second-order valence-corrected chi connectivity index (χ2v) is 7.15. The number of hydrogen-bond acceptors (Lipinski definition) is 4. The highest BCUT2D eigenvalue weighted by Crippen LogP contribution is 2.23. The summed E-state index contributed by atoms with van der Waals surface area (Å²) < 4.78 is 0. The average molecular weight is 331 g/mol. The standard InChI is InChI=1S/C19H29N3O2/c1-15-6-8-16(9-7-15)20-19(24)13-22-11-2-4-17(22)12-21-10-3-5-18(21)14-23/h6-9,17-18,23H,2-5,10-14H2,1H3,(H,20,24). The van der Waals surface area contributed by atoms with Gasteiger partial charge in [-0.2, -0.15) is 0 Å². The molecule has 0 bridgehead atoms. The molecule has 24 heavy (non-hydrogen) atoms. The molecule has 5 nitrogen and oxygen atoms in total. The van der Waals surface area contributed by atoms with Crippen LogP contribution in [0.1, 0.15) is 31.2 Å². The molecular weight excluding hydrogens is 302 g/mol. The number of carbonyl (C=O) groups is 1. The van der Waals surface area contributed by atoms with E-state index in [-0.39, 0.29) is 12.5 Å². The van der Waals surface area contributed by atoms with Crippen molar-refractivity contribution in [3.63, 3.8) is 0 Å². The minimum atomic E-state index is 0.0610. The third kappa shape index (κ3) is 4.35. The van der Waals surface area contributed by atoms with E-state index in [1.807, 2.05) is 31.2 Å². The number of amides is 1. The summed E-state index contributed by atoms with van der Waals surface area (Å²) in [7, 11) is 0. The van der Waals surface area contributed by atoms with Crippen molar-refractivity contribution in [3.8, 4) is 0 Å². The Kier molecular flexibility index (Phi) is 5.87. The smallest absolute Gasteiger partial charge is 0.238 e. The molecule has 2 saturated heterocycles. The van der Waals surface area contributed by atoms with E-state index in [0.29, 0.717) is 18.6 Å². The van der Waals surface area contributed by atoms with E-state index in [9.17, 15) is 9.90 Å². The minimum absolute atomic E-state index is 0.0610. The summed E-state index contributed by atoms with van der Waals surface area (Å²) in [6.07, 6.45) is 4.57. The van der Waals surface area contributed by atoms with Gasteiger partial charge in [-0.05, 0) is 57.8 Å². The largest absolute Gasteiger partial charge is 0.395 e. The number of likely N-dealkylation sites (tertiary alicyclic amines) is 2. The molecule has 1 amide bonds. The van der Waals surface area contributed by atoms with Crippen molar-refractivity contribution in [1.82, 2.24) is 9.80 Å². The van der Waals surface area contributed by atoms with Gasteiger partial charge >= 0.3 is 0 Å². The summed E-state index contributed by atoms with van der Waals surface area (Å²) in [5.41, 5.74) is 2.05. The molecule has 2 heterocycles. The first-order valence-electron chi connectivity index (χ1n) is 9.11. The number of aliphatic hydroxyl groups excluding tert-OH is 1. The van der Waals surface area contributed by atoms with Crippen molar-refractivity contribution >= 4 is 11.6 Å². The van der Waals surface area contributed by atoms with Crippen molar-refractivity contribution in [2.24, 2.45) is 0 Å². The van der Waals surface area contributed by atoms with Crippen molar-refractivity contribution in [2.75, 3.05) is 38.1 Å². The zero-order chi connectivity index (χ0) is 16.9. The fraction of sp³-hybridized carbons (Fsp3) is 0.632. The highest BCUT2D eigenvalue weighted by Gasteiger charge is 2.31. The Morgan fingerprint density at radius 1 is 1.12 bits per heavy atom. The summed E-state index contributed by atoms with van der Waals surface area (Å²) in [6.45, 7) is 5.78. The van der Waals surface area contributed by atoms with E-state index in [1.165, 1.54) is 12.0 Å². The number of aryl methyl sites for hydroxylation is 1. The molecule has 2 aliphatic rings. The van der Waals surface area contributed by atoms with Gasteiger partial charge in [-0.1, -0.05) is 17.7 Å². The van der Waals surface area contributed by atoms with Crippen LogP contribution in [0.25, 0.3) is 0 Å². The van der Waals surface area contributed by atoms with Crippen molar-refractivity contribution in [3.05, 3.63) is 29.8 Å². The molecule has 5 heteroatoms. The second-order valence-electron chi connectivity index (χ2n) is 7.15. The van der Waals surface area contributed by atoms with Crippen LogP contribution in [0.4, 0.5) is 5.69 Å². The monoisotopic (exact) mass is 331 g/mol. The molecule has 2 unspecified atom stereocenters. The fourth-order valence-electron chi connectivity index (χ4n) is 3.94. The summed E-state index contributed by atoms with van der Waals surface area (Å²) in [4.78, 5) is 17.1. The molecular formula is C19H29N3O2. The normalized spacial score (nSPS) is 25.2. The SMILES string of the molecule is Cc1ccc(NC(=O)CN2CCCC2CN2CCCC2CO)cc1. The molecule has 0 spiro atoms. The molecule has 2 N–H and O–H groups in total. The molecule has 0 radical (unpaired) electrons. The van der Waals surface area contributed by atoms with Gasteiger partial charge < -0.3 is 10.4 Å². The first-order valence-corrected chi connectivity index (χ1v) is 9.11. The van der Waals surface area contributed by atoms with Gasteiger partial charge in [0.1, 0.15) is 0 Å². The lowest BCUT2D eigenvalue weighted by Gasteiger charge is -2.30. The molecule has 132 valence electrons. The Hall–Kier alpha value is -1.43. The first-order chi connectivity index (χ1) is 11.7. The van der Waals surface area contributed by atoms with Crippen LogP contribution in [-0.2, 0) is 4.79 Å². The van der Waals surface area contributed by atoms with Crippen molar-refractivity contribution in [2.45, 2.75) is 44.7 Å². The van der Waals surface area contributed by atoms with Crippen LogP contribution >= 0.6 is 0 Å². The molecule has 1 aromatic carbocycles. The lowest BCUT2D eigenvalue weighted by atomic mass is 10.2. The maximum absolute atomic E-state index is 12.4. The highest BCUT2D eigenvalue weighted by atomic mass is 16.3. The van der Waals surface area contributed by atoms with Gasteiger partial charge in [0.25, 0.3) is 0 Å². The van der Waals surface area contributed by atoms with Crippen LogP contribution in [0, 0.1) is 6.92 Å². The number of nitrogens with zero attached hydrogens (tertiary/aromatic N) is 2. The Morgan fingerprint density at radius 2 is 1.79 bits per heavy atom. The molecule has 0 saturated carbocycles. The molecule has 3 rings (SSSR count). The summed E-state index contributed by atoms with van der Waals surface area (Å²) >= 11 is 0. The zero-order valence-electron chi connectivity index (χ0n) is 14.6. The maximum atomic E-state index is 12.4. The maximum Gasteiger partial charge on any atom is 0.238 e. The van der Waals surface area contributed by atoms with Gasteiger partial charge in [0.05, 0.1) is 13.2 Å². The molecule has 0 aliphatic carbocycles. The summed E-state index contributed by atoms with van der Waals surface area (Å²) in [5, 5.41) is 12.5. The molecule has 2 fully saturated rings.